The van der Waals surface area contributed by atoms with Crippen molar-refractivity contribution in [1.82, 2.24) is 4.98 Å². The van der Waals surface area contributed by atoms with E-state index in [1.54, 1.807) is 29.8 Å². The standard InChI is InChI=1S/C22H21N3O4S/c1-27-21-11-16(12-23)8-9-20(21)28-10-4-7-22(26)25-18-5-2-3-6-19(18)29-13-17-14-30-15-24-17/h2-3,5-6,8-9,11,14-15H,4,7,10,13H2,1H3,(H,25,26). The lowest BCUT2D eigenvalue weighted by molar-refractivity contribution is -0.116. The molecule has 1 aromatic heterocycles. The average molecular weight is 423 g/mol. The number of ether oxygens (including phenoxy) is 3. The molecule has 0 aliphatic carbocycles. The Morgan fingerprint density at radius 2 is 2.03 bits per heavy atom. The first kappa shape index (κ1) is 21.1. The number of para-hydroxylation sites is 2. The van der Waals surface area contributed by atoms with Gasteiger partial charge < -0.3 is 19.5 Å². The van der Waals surface area contributed by atoms with Crippen molar-refractivity contribution in [1.29, 1.82) is 5.26 Å². The van der Waals surface area contributed by atoms with Crippen molar-refractivity contribution in [2.24, 2.45) is 0 Å². The number of thiazole rings is 1. The first-order valence-electron chi connectivity index (χ1n) is 9.29. The highest BCUT2D eigenvalue weighted by Gasteiger charge is 2.10. The van der Waals surface area contributed by atoms with Gasteiger partial charge in [0.05, 0.1) is 42.2 Å². The van der Waals surface area contributed by atoms with Crippen LogP contribution in [0.1, 0.15) is 24.1 Å². The van der Waals surface area contributed by atoms with Crippen molar-refractivity contribution in [3.8, 4) is 23.3 Å². The van der Waals surface area contributed by atoms with Crippen LogP contribution in [0.2, 0.25) is 0 Å². The summed E-state index contributed by atoms with van der Waals surface area (Å²) in [4.78, 5) is 16.5. The van der Waals surface area contributed by atoms with E-state index in [2.05, 4.69) is 16.4 Å². The Balaban J connectivity index is 1.47. The summed E-state index contributed by atoms with van der Waals surface area (Å²) in [6.07, 6.45) is 0.815. The van der Waals surface area contributed by atoms with E-state index >= 15 is 0 Å². The molecule has 3 aromatic rings. The predicted molar refractivity (Wildman–Crippen MR) is 114 cm³/mol. The van der Waals surface area contributed by atoms with Gasteiger partial charge in [-0.25, -0.2) is 4.98 Å². The van der Waals surface area contributed by atoms with Crippen LogP contribution in [0, 0.1) is 11.3 Å². The normalized spacial score (nSPS) is 10.1. The molecule has 0 aliphatic heterocycles. The molecule has 30 heavy (non-hydrogen) atoms. The zero-order valence-corrected chi connectivity index (χ0v) is 17.3. The number of rotatable bonds is 10. The molecule has 7 nitrogen and oxygen atoms in total. The highest BCUT2D eigenvalue weighted by atomic mass is 32.1. The molecule has 0 aliphatic rings. The minimum atomic E-state index is -0.130. The van der Waals surface area contributed by atoms with Crippen LogP contribution in [-0.2, 0) is 11.4 Å². The number of hydrogen-bond donors (Lipinski definition) is 1. The minimum Gasteiger partial charge on any atom is -0.493 e. The number of anilines is 1. The highest BCUT2D eigenvalue weighted by molar-refractivity contribution is 7.07. The van der Waals surface area contributed by atoms with E-state index in [0.29, 0.717) is 54.6 Å². The Bertz CT molecular complexity index is 1020. The van der Waals surface area contributed by atoms with E-state index in [4.69, 9.17) is 19.5 Å². The van der Waals surface area contributed by atoms with Crippen molar-refractivity contribution >= 4 is 22.9 Å². The van der Waals surface area contributed by atoms with Gasteiger partial charge in [-0.2, -0.15) is 5.26 Å². The number of carbonyl (C=O) groups is 1. The molecule has 0 unspecified atom stereocenters. The van der Waals surface area contributed by atoms with E-state index < -0.39 is 0 Å². The lowest BCUT2D eigenvalue weighted by Crippen LogP contribution is -2.14. The summed E-state index contributed by atoms with van der Waals surface area (Å²) < 4.78 is 16.7. The van der Waals surface area contributed by atoms with Crippen LogP contribution in [0.4, 0.5) is 5.69 Å². The summed E-state index contributed by atoms with van der Waals surface area (Å²) in [7, 11) is 1.52. The zero-order valence-electron chi connectivity index (χ0n) is 16.5. The molecule has 0 spiro atoms. The fourth-order valence-electron chi connectivity index (χ4n) is 2.64. The summed E-state index contributed by atoms with van der Waals surface area (Å²) in [6, 6.07) is 14.3. The molecule has 154 valence electrons. The Morgan fingerprint density at radius 3 is 2.80 bits per heavy atom. The van der Waals surface area contributed by atoms with Gasteiger partial charge in [-0.15, -0.1) is 11.3 Å². The van der Waals surface area contributed by atoms with E-state index in [0.717, 1.165) is 5.69 Å². The molecule has 1 heterocycles. The quantitative estimate of drug-likeness (QED) is 0.486. The Morgan fingerprint density at radius 1 is 1.17 bits per heavy atom. The first-order valence-corrected chi connectivity index (χ1v) is 10.2. The molecule has 1 amide bonds. The van der Waals surface area contributed by atoms with Crippen LogP contribution in [-0.4, -0.2) is 24.6 Å². The van der Waals surface area contributed by atoms with Crippen LogP contribution in [0.25, 0.3) is 0 Å². The van der Waals surface area contributed by atoms with Crippen molar-refractivity contribution in [2.75, 3.05) is 19.0 Å². The molecule has 1 N–H and O–H groups in total. The molecular formula is C22H21N3O4S. The van der Waals surface area contributed by atoms with Crippen molar-refractivity contribution in [2.45, 2.75) is 19.4 Å². The summed E-state index contributed by atoms with van der Waals surface area (Å²) in [6.45, 7) is 0.689. The number of aromatic nitrogens is 1. The maximum atomic E-state index is 12.3. The maximum absolute atomic E-state index is 12.3. The molecule has 0 bridgehead atoms. The monoisotopic (exact) mass is 423 g/mol. The molecular weight excluding hydrogens is 402 g/mol. The van der Waals surface area contributed by atoms with Crippen molar-refractivity contribution in [3.63, 3.8) is 0 Å². The topological polar surface area (TPSA) is 93.5 Å². The first-order chi connectivity index (χ1) is 14.7. The van der Waals surface area contributed by atoms with Gasteiger partial charge >= 0.3 is 0 Å². The number of amides is 1. The second-order valence-corrected chi connectivity index (χ2v) is 6.96. The Labute approximate surface area is 178 Å². The van der Waals surface area contributed by atoms with Crippen molar-refractivity contribution in [3.05, 3.63) is 64.6 Å². The van der Waals surface area contributed by atoms with Crippen LogP contribution in [0.15, 0.2) is 53.4 Å². The van der Waals surface area contributed by atoms with Crippen LogP contribution >= 0.6 is 11.3 Å². The smallest absolute Gasteiger partial charge is 0.224 e. The fourth-order valence-corrected chi connectivity index (χ4v) is 3.18. The van der Waals surface area contributed by atoms with E-state index in [-0.39, 0.29) is 5.91 Å². The summed E-state index contributed by atoms with van der Waals surface area (Å²) in [5.41, 5.74) is 3.71. The zero-order chi connectivity index (χ0) is 21.2. The molecule has 8 heteroatoms. The predicted octanol–water partition coefficient (Wildman–Crippen LogP) is 4.40. The molecule has 0 fully saturated rings. The lowest BCUT2D eigenvalue weighted by Gasteiger charge is -2.12. The third-order valence-electron chi connectivity index (χ3n) is 4.12. The minimum absolute atomic E-state index is 0.130. The van der Waals surface area contributed by atoms with E-state index in [9.17, 15) is 4.79 Å². The molecule has 0 atom stereocenters. The highest BCUT2D eigenvalue weighted by Crippen LogP contribution is 2.28. The third kappa shape index (κ3) is 5.96. The van der Waals surface area contributed by atoms with Crippen molar-refractivity contribution < 1.29 is 19.0 Å². The van der Waals surface area contributed by atoms with Crippen LogP contribution in [0.3, 0.4) is 0 Å². The van der Waals surface area contributed by atoms with E-state index in [1.807, 2.05) is 23.6 Å². The molecule has 0 radical (unpaired) electrons. The van der Waals surface area contributed by atoms with Gasteiger partial charge in [-0.1, -0.05) is 12.1 Å². The number of nitriles is 1. The largest absolute Gasteiger partial charge is 0.493 e. The molecule has 0 saturated heterocycles. The van der Waals surface area contributed by atoms with Gasteiger partial charge in [-0.3, -0.25) is 4.79 Å². The Hall–Kier alpha value is -3.57. The number of nitrogens with one attached hydrogen (secondary N) is 1. The van der Waals surface area contributed by atoms with E-state index in [1.165, 1.54) is 18.4 Å². The van der Waals surface area contributed by atoms with Gasteiger partial charge in [0.2, 0.25) is 5.91 Å². The fraction of sp³-hybridized carbons (Fsp3) is 0.227. The number of nitrogens with zero attached hydrogens (tertiary/aromatic N) is 2. The number of benzene rings is 2. The van der Waals surface area contributed by atoms with Gasteiger partial charge in [0.15, 0.2) is 11.5 Å². The lowest BCUT2D eigenvalue weighted by atomic mass is 10.2. The molecule has 3 rings (SSSR count). The number of carbonyl (C=O) groups excluding carboxylic acids is 1. The molecule has 0 saturated carbocycles. The summed E-state index contributed by atoms with van der Waals surface area (Å²) in [5.74, 6) is 1.50. The van der Waals surface area contributed by atoms with Gasteiger partial charge in [0.1, 0.15) is 12.4 Å². The number of methoxy groups -OCH3 is 1. The van der Waals surface area contributed by atoms with Gasteiger partial charge in [-0.05, 0) is 30.7 Å². The summed E-state index contributed by atoms with van der Waals surface area (Å²) >= 11 is 1.51. The summed E-state index contributed by atoms with van der Waals surface area (Å²) in [5, 5.41) is 13.7. The average Bonchev–Trinajstić information content (AvgIpc) is 3.30. The van der Waals surface area contributed by atoms with Gasteiger partial charge in [0, 0.05) is 17.9 Å². The SMILES string of the molecule is COc1cc(C#N)ccc1OCCCC(=O)Nc1ccccc1OCc1cscn1. The Kier molecular flexibility index (Phi) is 7.64. The second-order valence-electron chi connectivity index (χ2n) is 6.24. The maximum Gasteiger partial charge on any atom is 0.224 e. The van der Waals surface area contributed by atoms with Gasteiger partial charge in [0.25, 0.3) is 0 Å². The molecule has 2 aromatic carbocycles. The second kappa shape index (κ2) is 10.8. The van der Waals surface area contributed by atoms with Crippen LogP contribution < -0.4 is 19.5 Å². The van der Waals surface area contributed by atoms with Crippen LogP contribution in [0.5, 0.6) is 17.2 Å². The number of hydrogen-bond acceptors (Lipinski definition) is 7. The third-order valence-corrected chi connectivity index (χ3v) is 4.75.